The summed E-state index contributed by atoms with van der Waals surface area (Å²) in [5, 5.41) is 5.45. The molecule has 0 saturated carbocycles. The SMILES string of the molecule is Cc1oc(C)c(C(=O)NC(C)c2cccc3ccccc23)c1C. The van der Waals surface area contributed by atoms with Gasteiger partial charge in [-0.2, -0.15) is 0 Å². The monoisotopic (exact) mass is 307 g/mol. The predicted molar refractivity (Wildman–Crippen MR) is 92.7 cm³/mol. The highest BCUT2D eigenvalue weighted by molar-refractivity contribution is 5.97. The van der Waals surface area contributed by atoms with Crippen molar-refractivity contribution in [3.8, 4) is 0 Å². The summed E-state index contributed by atoms with van der Waals surface area (Å²) < 4.78 is 5.56. The minimum absolute atomic E-state index is 0.0809. The summed E-state index contributed by atoms with van der Waals surface area (Å²) in [5.74, 6) is 1.38. The molecule has 3 aromatic rings. The molecule has 0 bridgehead atoms. The second-order valence-corrected chi connectivity index (χ2v) is 5.98. The van der Waals surface area contributed by atoms with Crippen molar-refractivity contribution in [3.05, 3.63) is 70.7 Å². The van der Waals surface area contributed by atoms with Crippen LogP contribution in [0.5, 0.6) is 0 Å². The molecule has 23 heavy (non-hydrogen) atoms. The van der Waals surface area contributed by atoms with Crippen LogP contribution in [-0.2, 0) is 0 Å². The van der Waals surface area contributed by atoms with Gasteiger partial charge in [0.15, 0.2) is 0 Å². The van der Waals surface area contributed by atoms with Gasteiger partial charge in [-0.3, -0.25) is 4.79 Å². The molecule has 0 aliphatic heterocycles. The molecule has 1 unspecified atom stereocenters. The lowest BCUT2D eigenvalue weighted by molar-refractivity contribution is 0.0938. The van der Waals surface area contributed by atoms with Crippen molar-refractivity contribution in [2.45, 2.75) is 33.7 Å². The maximum absolute atomic E-state index is 12.6. The average molecular weight is 307 g/mol. The van der Waals surface area contributed by atoms with Gasteiger partial charge in [-0.15, -0.1) is 0 Å². The van der Waals surface area contributed by atoms with Crippen LogP contribution in [0.4, 0.5) is 0 Å². The summed E-state index contributed by atoms with van der Waals surface area (Å²) in [5.41, 5.74) is 2.67. The third kappa shape index (κ3) is 2.74. The van der Waals surface area contributed by atoms with E-state index in [0.717, 1.165) is 16.9 Å². The summed E-state index contributed by atoms with van der Waals surface area (Å²) in [6.07, 6.45) is 0. The zero-order valence-corrected chi connectivity index (χ0v) is 13.9. The molecule has 1 amide bonds. The van der Waals surface area contributed by atoms with Crippen LogP contribution in [0.25, 0.3) is 10.8 Å². The Morgan fingerprint density at radius 2 is 1.70 bits per heavy atom. The number of nitrogens with one attached hydrogen (secondary N) is 1. The maximum Gasteiger partial charge on any atom is 0.255 e. The van der Waals surface area contributed by atoms with E-state index >= 15 is 0 Å². The minimum Gasteiger partial charge on any atom is -0.466 e. The lowest BCUT2D eigenvalue weighted by Gasteiger charge is -2.17. The van der Waals surface area contributed by atoms with E-state index in [1.807, 2.05) is 45.9 Å². The van der Waals surface area contributed by atoms with Crippen molar-refractivity contribution in [2.24, 2.45) is 0 Å². The molecule has 0 radical (unpaired) electrons. The number of furan rings is 1. The molecule has 3 nitrogen and oxygen atoms in total. The summed E-state index contributed by atoms with van der Waals surface area (Å²) in [7, 11) is 0. The molecule has 3 rings (SSSR count). The van der Waals surface area contributed by atoms with E-state index in [9.17, 15) is 4.79 Å². The summed E-state index contributed by atoms with van der Waals surface area (Å²) in [6.45, 7) is 7.64. The van der Waals surface area contributed by atoms with E-state index in [2.05, 4.69) is 29.6 Å². The highest BCUT2D eigenvalue weighted by Gasteiger charge is 2.20. The summed E-state index contributed by atoms with van der Waals surface area (Å²) in [4.78, 5) is 12.6. The van der Waals surface area contributed by atoms with Gasteiger partial charge in [-0.25, -0.2) is 0 Å². The molecule has 2 aromatic carbocycles. The predicted octanol–water partition coefficient (Wildman–Crippen LogP) is 4.85. The van der Waals surface area contributed by atoms with Gasteiger partial charge in [0.25, 0.3) is 5.91 Å². The van der Waals surface area contributed by atoms with Crippen LogP contribution in [0.15, 0.2) is 46.9 Å². The highest BCUT2D eigenvalue weighted by atomic mass is 16.3. The summed E-state index contributed by atoms with van der Waals surface area (Å²) >= 11 is 0. The third-order valence-corrected chi connectivity index (χ3v) is 4.43. The number of carbonyl (C=O) groups excluding carboxylic acids is 1. The molecule has 1 N–H and O–H groups in total. The Morgan fingerprint density at radius 1 is 1.00 bits per heavy atom. The first-order valence-corrected chi connectivity index (χ1v) is 7.84. The van der Waals surface area contributed by atoms with Crippen LogP contribution in [0, 0.1) is 20.8 Å². The molecule has 1 aromatic heterocycles. The number of hydrogen-bond acceptors (Lipinski definition) is 2. The zero-order valence-electron chi connectivity index (χ0n) is 13.9. The Morgan fingerprint density at radius 3 is 2.39 bits per heavy atom. The fourth-order valence-corrected chi connectivity index (χ4v) is 3.10. The quantitative estimate of drug-likeness (QED) is 0.751. The molecule has 0 aliphatic carbocycles. The minimum atomic E-state index is -0.0858. The van der Waals surface area contributed by atoms with Crippen LogP contribution in [0.2, 0.25) is 0 Å². The molecule has 1 atom stereocenters. The lowest BCUT2D eigenvalue weighted by atomic mass is 9.99. The Balaban J connectivity index is 1.92. The number of amides is 1. The molecular formula is C20H21NO2. The van der Waals surface area contributed by atoms with Crippen molar-refractivity contribution >= 4 is 16.7 Å². The highest BCUT2D eigenvalue weighted by Crippen LogP contribution is 2.26. The van der Waals surface area contributed by atoms with E-state index in [0.29, 0.717) is 11.3 Å². The van der Waals surface area contributed by atoms with E-state index in [-0.39, 0.29) is 11.9 Å². The van der Waals surface area contributed by atoms with Gasteiger partial charge in [-0.1, -0.05) is 42.5 Å². The van der Waals surface area contributed by atoms with Crippen LogP contribution in [-0.4, -0.2) is 5.91 Å². The first-order chi connectivity index (χ1) is 11.0. The second-order valence-electron chi connectivity index (χ2n) is 5.98. The zero-order chi connectivity index (χ0) is 16.6. The van der Waals surface area contributed by atoms with Crippen molar-refractivity contribution in [1.82, 2.24) is 5.32 Å². The van der Waals surface area contributed by atoms with Crippen molar-refractivity contribution in [2.75, 3.05) is 0 Å². The van der Waals surface area contributed by atoms with Gasteiger partial charge in [0, 0.05) is 5.56 Å². The van der Waals surface area contributed by atoms with E-state index < -0.39 is 0 Å². The van der Waals surface area contributed by atoms with E-state index in [1.54, 1.807) is 0 Å². The maximum atomic E-state index is 12.6. The van der Waals surface area contributed by atoms with Gasteiger partial charge in [0.05, 0.1) is 11.6 Å². The van der Waals surface area contributed by atoms with Gasteiger partial charge in [-0.05, 0) is 44.0 Å². The standard InChI is InChI=1S/C20H21NO2/c1-12-14(3)23-15(4)19(12)20(22)21-13(2)17-11-7-9-16-8-5-6-10-18(16)17/h5-11,13H,1-4H3,(H,21,22). The lowest BCUT2D eigenvalue weighted by Crippen LogP contribution is -2.27. The van der Waals surface area contributed by atoms with Gasteiger partial charge in [0.2, 0.25) is 0 Å². The average Bonchev–Trinajstić information content (AvgIpc) is 2.79. The second kappa shape index (κ2) is 5.92. The smallest absolute Gasteiger partial charge is 0.255 e. The topological polar surface area (TPSA) is 42.2 Å². The number of carbonyl (C=O) groups is 1. The molecule has 0 fully saturated rings. The van der Waals surface area contributed by atoms with Crippen LogP contribution >= 0.6 is 0 Å². The normalized spacial score (nSPS) is 12.3. The number of rotatable bonds is 3. The Bertz CT molecular complexity index is 871. The van der Waals surface area contributed by atoms with E-state index in [4.69, 9.17) is 4.42 Å². The first-order valence-electron chi connectivity index (χ1n) is 7.84. The Hall–Kier alpha value is -2.55. The summed E-state index contributed by atoms with van der Waals surface area (Å²) in [6, 6.07) is 14.3. The van der Waals surface area contributed by atoms with Crippen molar-refractivity contribution in [3.63, 3.8) is 0 Å². The first kappa shape index (κ1) is 15.3. The van der Waals surface area contributed by atoms with Crippen LogP contribution in [0.3, 0.4) is 0 Å². The fourth-order valence-electron chi connectivity index (χ4n) is 3.10. The van der Waals surface area contributed by atoms with E-state index in [1.165, 1.54) is 10.8 Å². The molecule has 0 spiro atoms. The number of benzene rings is 2. The largest absolute Gasteiger partial charge is 0.466 e. The van der Waals surface area contributed by atoms with Crippen molar-refractivity contribution in [1.29, 1.82) is 0 Å². The van der Waals surface area contributed by atoms with Crippen molar-refractivity contribution < 1.29 is 9.21 Å². The van der Waals surface area contributed by atoms with Gasteiger partial charge >= 0.3 is 0 Å². The number of aryl methyl sites for hydroxylation is 2. The third-order valence-electron chi connectivity index (χ3n) is 4.43. The van der Waals surface area contributed by atoms with Gasteiger partial charge in [0.1, 0.15) is 11.5 Å². The fraction of sp³-hybridized carbons (Fsp3) is 0.250. The molecular weight excluding hydrogens is 286 g/mol. The molecule has 118 valence electrons. The Kier molecular flexibility index (Phi) is 3.95. The molecule has 1 heterocycles. The van der Waals surface area contributed by atoms with Gasteiger partial charge < -0.3 is 9.73 Å². The molecule has 0 saturated heterocycles. The van der Waals surface area contributed by atoms with Crippen LogP contribution < -0.4 is 5.32 Å². The number of fused-ring (bicyclic) bond motifs is 1. The number of hydrogen-bond donors (Lipinski definition) is 1. The Labute approximate surface area is 136 Å². The van der Waals surface area contributed by atoms with Crippen LogP contribution in [0.1, 0.15) is 46.0 Å². The molecule has 0 aliphatic rings. The molecule has 3 heteroatoms.